The monoisotopic (exact) mass is 333 g/mol. The number of aromatic nitrogens is 2. The van der Waals surface area contributed by atoms with Crippen molar-refractivity contribution in [2.45, 2.75) is 38.1 Å². The number of carbonyl (C=O) groups excluding carboxylic acids is 1. The van der Waals surface area contributed by atoms with E-state index < -0.39 is 0 Å². The van der Waals surface area contributed by atoms with E-state index in [4.69, 9.17) is 0 Å². The summed E-state index contributed by atoms with van der Waals surface area (Å²) in [4.78, 5) is 16.7. The van der Waals surface area contributed by atoms with E-state index in [-0.39, 0.29) is 5.91 Å². The standard InChI is InChI=1S/C21H23N3O/c25-21(12-13-24-15-23-19-10-3-4-11-20(19)24)22-14-17-8-5-7-16-6-1-2-9-18(16)17/h1-4,6,9-11,15,17H,5,7-8,12-14H2,(H,22,25). The average molecular weight is 333 g/mol. The minimum absolute atomic E-state index is 0.112. The summed E-state index contributed by atoms with van der Waals surface area (Å²) in [6.07, 6.45) is 5.82. The van der Waals surface area contributed by atoms with E-state index in [1.165, 1.54) is 17.5 Å². The molecule has 1 N–H and O–H groups in total. The maximum absolute atomic E-state index is 12.3. The quantitative estimate of drug-likeness (QED) is 0.774. The number of hydrogen-bond acceptors (Lipinski definition) is 2. The molecule has 0 spiro atoms. The molecular weight excluding hydrogens is 310 g/mol. The third-order valence-corrected chi connectivity index (χ3v) is 5.15. The minimum atomic E-state index is 0.112. The number of rotatable bonds is 5. The largest absolute Gasteiger partial charge is 0.355 e. The molecule has 0 saturated carbocycles. The normalized spacial score (nSPS) is 16.6. The van der Waals surface area contributed by atoms with Crippen LogP contribution in [-0.4, -0.2) is 22.0 Å². The fraction of sp³-hybridized carbons (Fsp3) is 0.333. The highest BCUT2D eigenvalue weighted by Gasteiger charge is 2.20. The third-order valence-electron chi connectivity index (χ3n) is 5.15. The summed E-state index contributed by atoms with van der Waals surface area (Å²) in [7, 11) is 0. The molecule has 1 atom stereocenters. The van der Waals surface area contributed by atoms with Gasteiger partial charge >= 0.3 is 0 Å². The van der Waals surface area contributed by atoms with Crippen molar-refractivity contribution < 1.29 is 4.79 Å². The Labute approximate surface area is 147 Å². The van der Waals surface area contributed by atoms with E-state index in [0.717, 1.165) is 30.4 Å². The first-order chi connectivity index (χ1) is 12.3. The predicted molar refractivity (Wildman–Crippen MR) is 99.5 cm³/mol. The van der Waals surface area contributed by atoms with Crippen molar-refractivity contribution in [3.05, 3.63) is 66.0 Å². The average Bonchev–Trinajstić information content (AvgIpc) is 3.08. The lowest BCUT2D eigenvalue weighted by molar-refractivity contribution is -0.121. The molecule has 25 heavy (non-hydrogen) atoms. The summed E-state index contributed by atoms with van der Waals surface area (Å²) in [5, 5.41) is 3.13. The van der Waals surface area contributed by atoms with Gasteiger partial charge in [-0.3, -0.25) is 4.79 Å². The molecule has 0 radical (unpaired) electrons. The maximum atomic E-state index is 12.3. The van der Waals surface area contributed by atoms with Crippen LogP contribution in [0.25, 0.3) is 11.0 Å². The SMILES string of the molecule is O=C(CCn1cnc2ccccc21)NCC1CCCc2ccccc21. The van der Waals surface area contributed by atoms with E-state index >= 15 is 0 Å². The van der Waals surface area contributed by atoms with Crippen molar-refractivity contribution in [2.24, 2.45) is 0 Å². The van der Waals surface area contributed by atoms with Crippen LogP contribution in [0.5, 0.6) is 0 Å². The van der Waals surface area contributed by atoms with E-state index in [1.807, 2.05) is 35.2 Å². The molecule has 4 rings (SSSR count). The molecule has 3 aromatic rings. The number of aryl methyl sites for hydroxylation is 2. The number of nitrogens with one attached hydrogen (secondary N) is 1. The molecule has 1 aliphatic rings. The Morgan fingerprint density at radius 1 is 1.16 bits per heavy atom. The Bertz CT molecular complexity index is 883. The molecule has 1 aliphatic carbocycles. The van der Waals surface area contributed by atoms with Crippen molar-refractivity contribution in [3.63, 3.8) is 0 Å². The van der Waals surface area contributed by atoms with Gasteiger partial charge in [-0.25, -0.2) is 4.98 Å². The molecule has 0 saturated heterocycles. The van der Waals surface area contributed by atoms with Gasteiger partial charge in [0.25, 0.3) is 0 Å². The number of carbonyl (C=O) groups is 1. The molecule has 0 aliphatic heterocycles. The van der Waals surface area contributed by atoms with Gasteiger partial charge in [-0.05, 0) is 42.5 Å². The molecule has 0 bridgehead atoms. The molecular formula is C21H23N3O. The van der Waals surface area contributed by atoms with Gasteiger partial charge in [-0.1, -0.05) is 36.4 Å². The van der Waals surface area contributed by atoms with Crippen LogP contribution in [0.2, 0.25) is 0 Å². The second-order valence-electron chi connectivity index (χ2n) is 6.77. The highest BCUT2D eigenvalue weighted by atomic mass is 16.1. The summed E-state index contributed by atoms with van der Waals surface area (Å²) in [6.45, 7) is 1.40. The fourth-order valence-electron chi connectivity index (χ4n) is 3.80. The zero-order valence-electron chi connectivity index (χ0n) is 14.3. The van der Waals surface area contributed by atoms with Crippen LogP contribution in [0.4, 0.5) is 0 Å². The van der Waals surface area contributed by atoms with Crippen LogP contribution in [0.1, 0.15) is 36.3 Å². The number of imidazole rings is 1. The Kier molecular flexibility index (Phi) is 4.51. The van der Waals surface area contributed by atoms with Crippen LogP contribution in [0, 0.1) is 0 Å². The van der Waals surface area contributed by atoms with Gasteiger partial charge in [0.05, 0.1) is 17.4 Å². The van der Waals surface area contributed by atoms with Crippen LogP contribution >= 0.6 is 0 Å². The van der Waals surface area contributed by atoms with Gasteiger partial charge in [0.15, 0.2) is 0 Å². The fourth-order valence-corrected chi connectivity index (χ4v) is 3.80. The smallest absolute Gasteiger partial charge is 0.221 e. The van der Waals surface area contributed by atoms with Crippen LogP contribution in [0.15, 0.2) is 54.9 Å². The summed E-state index contributed by atoms with van der Waals surface area (Å²) in [6, 6.07) is 16.6. The summed E-state index contributed by atoms with van der Waals surface area (Å²) < 4.78 is 2.05. The Morgan fingerprint density at radius 2 is 2.00 bits per heavy atom. The number of para-hydroxylation sites is 2. The van der Waals surface area contributed by atoms with Crippen LogP contribution < -0.4 is 5.32 Å². The van der Waals surface area contributed by atoms with Crippen molar-refractivity contribution in [3.8, 4) is 0 Å². The lowest BCUT2D eigenvalue weighted by Crippen LogP contribution is -2.30. The van der Waals surface area contributed by atoms with Gasteiger partial charge in [0.1, 0.15) is 0 Å². The molecule has 1 heterocycles. The van der Waals surface area contributed by atoms with Crippen LogP contribution in [-0.2, 0) is 17.8 Å². The van der Waals surface area contributed by atoms with Gasteiger partial charge in [-0.2, -0.15) is 0 Å². The topological polar surface area (TPSA) is 46.9 Å². The van der Waals surface area contributed by atoms with Gasteiger partial charge in [0, 0.05) is 25.4 Å². The van der Waals surface area contributed by atoms with E-state index in [9.17, 15) is 4.79 Å². The van der Waals surface area contributed by atoms with Gasteiger partial charge < -0.3 is 9.88 Å². The summed E-state index contributed by atoms with van der Waals surface area (Å²) >= 11 is 0. The second kappa shape index (κ2) is 7.09. The first-order valence-corrected chi connectivity index (χ1v) is 9.05. The van der Waals surface area contributed by atoms with Gasteiger partial charge in [-0.15, -0.1) is 0 Å². The molecule has 128 valence electrons. The van der Waals surface area contributed by atoms with Crippen molar-refractivity contribution in [2.75, 3.05) is 6.54 Å². The summed E-state index contributed by atoms with van der Waals surface area (Å²) in [5.74, 6) is 0.559. The summed E-state index contributed by atoms with van der Waals surface area (Å²) in [5.41, 5.74) is 4.91. The van der Waals surface area contributed by atoms with E-state index in [1.54, 1.807) is 0 Å². The maximum Gasteiger partial charge on any atom is 0.221 e. The molecule has 1 amide bonds. The lowest BCUT2D eigenvalue weighted by Gasteiger charge is -2.25. The molecule has 1 aromatic heterocycles. The zero-order valence-corrected chi connectivity index (χ0v) is 14.3. The van der Waals surface area contributed by atoms with Crippen molar-refractivity contribution in [1.29, 1.82) is 0 Å². The van der Waals surface area contributed by atoms with Gasteiger partial charge in [0.2, 0.25) is 5.91 Å². The number of hydrogen-bond donors (Lipinski definition) is 1. The third kappa shape index (κ3) is 3.43. The van der Waals surface area contributed by atoms with Crippen LogP contribution in [0.3, 0.4) is 0 Å². The number of nitrogens with zero attached hydrogens (tertiary/aromatic N) is 2. The van der Waals surface area contributed by atoms with E-state index in [0.29, 0.717) is 18.9 Å². The molecule has 2 aromatic carbocycles. The Balaban J connectivity index is 1.33. The zero-order chi connectivity index (χ0) is 17.1. The van der Waals surface area contributed by atoms with Crippen molar-refractivity contribution in [1.82, 2.24) is 14.9 Å². The molecule has 4 nitrogen and oxygen atoms in total. The molecule has 4 heteroatoms. The minimum Gasteiger partial charge on any atom is -0.355 e. The second-order valence-corrected chi connectivity index (χ2v) is 6.77. The highest BCUT2D eigenvalue weighted by Crippen LogP contribution is 2.30. The first-order valence-electron chi connectivity index (χ1n) is 9.05. The predicted octanol–water partition coefficient (Wildman–Crippen LogP) is 3.66. The lowest BCUT2D eigenvalue weighted by atomic mass is 9.83. The van der Waals surface area contributed by atoms with Crippen molar-refractivity contribution >= 4 is 16.9 Å². The Morgan fingerprint density at radius 3 is 2.96 bits per heavy atom. The molecule has 0 fully saturated rings. The first kappa shape index (κ1) is 15.9. The number of benzene rings is 2. The molecule has 1 unspecified atom stereocenters. The number of amides is 1. The highest BCUT2D eigenvalue weighted by molar-refractivity contribution is 5.77. The number of fused-ring (bicyclic) bond motifs is 2. The van der Waals surface area contributed by atoms with E-state index in [2.05, 4.69) is 34.6 Å². The Hall–Kier alpha value is -2.62.